The molecule has 1 aromatic carbocycles. The van der Waals surface area contributed by atoms with Gasteiger partial charge < -0.3 is 87.7 Å². The predicted octanol–water partition coefficient (Wildman–Crippen LogP) is 19.3. The summed E-state index contributed by atoms with van der Waals surface area (Å²) in [4.78, 5) is 0. The molecule has 1 unspecified atom stereocenters. The lowest BCUT2D eigenvalue weighted by atomic mass is 9.88. The van der Waals surface area contributed by atoms with Crippen molar-refractivity contribution < 1.29 is 141 Å². The van der Waals surface area contributed by atoms with Crippen LogP contribution in [0.15, 0.2) is 30.3 Å². The van der Waals surface area contributed by atoms with Gasteiger partial charge >= 0.3 is 91.4 Å². The zero-order chi connectivity index (χ0) is 85.8. The third kappa shape index (κ3) is 38.0. The number of nitrogens with two attached hydrogens (primary N) is 2. The Labute approximate surface area is 652 Å². The molecule has 0 saturated carbocycles. The van der Waals surface area contributed by atoms with Crippen molar-refractivity contribution in [3.05, 3.63) is 30.3 Å². The number of anilines is 1. The quantitative estimate of drug-likeness (QED) is 0.0315. The van der Waals surface area contributed by atoms with Gasteiger partial charge in [0.1, 0.15) is 0 Å². The number of nitrogens with one attached hydrogen (secondary N) is 1. The molecule has 0 aliphatic carbocycles. The van der Waals surface area contributed by atoms with Crippen LogP contribution >= 0.6 is 0 Å². The van der Waals surface area contributed by atoms with E-state index in [0.29, 0.717) is 27.9 Å². The van der Waals surface area contributed by atoms with E-state index in [4.69, 9.17) is 64.6 Å². The molecule has 662 valence electrons. The molecular formula is C68H137F17N4O15Si6. The van der Waals surface area contributed by atoms with Gasteiger partial charge in [-0.2, -0.15) is 74.6 Å². The van der Waals surface area contributed by atoms with Crippen molar-refractivity contribution >= 4 is 57.9 Å². The van der Waals surface area contributed by atoms with Gasteiger partial charge in [0.25, 0.3) is 8.48 Å². The number of rotatable bonds is 56. The minimum absolute atomic E-state index is 0.668. The Hall–Kier alpha value is -1.59. The Morgan fingerprint density at radius 2 is 0.691 bits per heavy atom. The molecule has 1 heterocycles. The molecule has 1 aliphatic rings. The Morgan fingerprint density at radius 1 is 0.382 bits per heavy atom. The van der Waals surface area contributed by atoms with Crippen LogP contribution in [0.5, 0.6) is 0 Å². The minimum Gasteiger partial charge on any atom is -0.406 e. The van der Waals surface area contributed by atoms with Crippen LogP contribution in [-0.2, 0) is 66.4 Å². The fourth-order valence-electron chi connectivity index (χ4n) is 11.0. The minimum atomic E-state index is -8.65. The molecule has 1 saturated heterocycles. The average molecular weight is 1740 g/mol. The third-order valence-corrected chi connectivity index (χ3v) is 37.0. The maximum atomic E-state index is 13.8. The molecule has 0 bridgehead atoms. The van der Waals surface area contributed by atoms with E-state index in [1.807, 2.05) is 37.4 Å². The van der Waals surface area contributed by atoms with Gasteiger partial charge in [-0.05, 0) is 102 Å². The average Bonchev–Trinajstić information content (AvgIpc) is 0.771. The molecule has 0 amide bonds. The summed E-state index contributed by atoms with van der Waals surface area (Å²) in [5, 5.41) is 3.30. The SMILES string of the molecule is CCCCCCCCCCCCCCCCCC[Si](OC)(OC)OC.CCCCN1CCC[Si]1(C)OC.CO[Si](C)(CCCCN)OC.CO[Si](CCC(F)(F)C(F)(F)C(F)(F)C(F)(F)C(F)(F)C(F)(F)C(F)(F)C(F)(F)F)(OC)OC.CO[Si](CCCCN)(OC)OC.CO[Si](CCNc1ccccc1)(OC)OC. The van der Waals surface area contributed by atoms with Crippen molar-refractivity contribution in [3.63, 3.8) is 0 Å². The molecule has 0 radical (unpaired) electrons. The molecule has 2 rings (SSSR count). The number of benzene rings is 1. The molecule has 110 heavy (non-hydrogen) atoms. The van der Waals surface area contributed by atoms with Gasteiger partial charge in [0, 0.05) is 149 Å². The maximum absolute atomic E-state index is 13.8. The summed E-state index contributed by atoms with van der Waals surface area (Å²) in [7, 11) is 7.58. The Bertz CT molecular complexity index is 2330. The summed E-state index contributed by atoms with van der Waals surface area (Å²) in [5.74, 6) is -56.5. The number of alkyl halides is 17. The standard InChI is InChI=1S/C21H46O3Si.C13H13F17O3Si.C11H19NO3Si.C9H21NOSi.C7H19NO3Si.C7H19NO2Si/c1-5-6-7-8-9-10-11-12-13-14-15-16-17-18-19-20-21-25(22-2,23-3)24-4;1-31-34(32-2,33-3)5-4-6(14,15)7(16,17)8(18,19)9(20,21)10(22,23)11(24,25)12(26,27)13(28,29)30;1-13-16(14-2,15-3)10-9-12-11-7-5-4-6-8-11;1-4-5-7-10-8-6-9-12(10,3)11-2;1-9-12(10-2,11-3)7-5-4-6-8;1-9-11(3,10-2)7-5-4-6-8/h5-21H2,1-4H3;4-5H2,1-3H3;4-8,12H,9-10H2,1-3H3;4-9H2,1-3H3;4-8H2,1-3H3;4-8H2,1-3H3. The van der Waals surface area contributed by atoms with Gasteiger partial charge in [0.15, 0.2) is 0 Å². The van der Waals surface area contributed by atoms with E-state index in [-0.39, 0.29) is 0 Å². The van der Waals surface area contributed by atoms with Crippen molar-refractivity contribution in [2.45, 2.75) is 265 Å². The van der Waals surface area contributed by atoms with Crippen molar-refractivity contribution in [2.24, 2.45) is 11.5 Å². The van der Waals surface area contributed by atoms with Crippen LogP contribution in [0.3, 0.4) is 0 Å². The van der Waals surface area contributed by atoms with E-state index in [9.17, 15) is 74.6 Å². The first-order valence-electron chi connectivity index (χ1n) is 37.2. The highest BCUT2D eigenvalue weighted by atomic mass is 28.4. The predicted molar refractivity (Wildman–Crippen MR) is 408 cm³/mol. The van der Waals surface area contributed by atoms with Crippen LogP contribution in [0.25, 0.3) is 0 Å². The number of nitrogens with zero attached hydrogens (tertiary/aromatic N) is 1. The maximum Gasteiger partial charge on any atom is 0.501 e. The molecule has 1 atom stereocenters. The van der Waals surface area contributed by atoms with Crippen molar-refractivity contribution in [1.82, 2.24) is 4.57 Å². The molecule has 0 aromatic heterocycles. The van der Waals surface area contributed by atoms with Crippen LogP contribution < -0.4 is 16.8 Å². The van der Waals surface area contributed by atoms with Crippen LogP contribution in [0.2, 0.25) is 49.4 Å². The van der Waals surface area contributed by atoms with E-state index < -0.39 is 112 Å². The summed E-state index contributed by atoms with van der Waals surface area (Å²) in [6.07, 6.45) is 20.0. The Kier molecular flexibility index (Phi) is 60.8. The van der Waals surface area contributed by atoms with Gasteiger partial charge in [-0.3, -0.25) is 0 Å². The monoisotopic (exact) mass is 1740 g/mol. The van der Waals surface area contributed by atoms with Crippen LogP contribution in [0.1, 0.15) is 168 Å². The second kappa shape index (κ2) is 58.3. The highest BCUT2D eigenvalue weighted by Crippen LogP contribution is 2.64. The van der Waals surface area contributed by atoms with E-state index in [0.717, 1.165) is 75.1 Å². The first-order chi connectivity index (χ1) is 51.3. The number of halogens is 17. The van der Waals surface area contributed by atoms with Crippen LogP contribution in [-0.4, -0.2) is 244 Å². The zero-order valence-corrected chi connectivity index (χ0v) is 74.8. The highest BCUT2D eigenvalue weighted by molar-refractivity contribution is 6.70. The Balaban J connectivity index is -0.000000648. The van der Waals surface area contributed by atoms with Gasteiger partial charge in [-0.1, -0.05) is 141 Å². The summed E-state index contributed by atoms with van der Waals surface area (Å²) in [6, 6.07) is 13.3. The molecule has 42 heteroatoms. The molecular weight excluding hydrogens is 1600 g/mol. The first-order valence-corrected chi connectivity index (χ1v) is 50.0. The van der Waals surface area contributed by atoms with Crippen LogP contribution in [0, 0.1) is 0 Å². The fraction of sp³-hybridized carbons (Fsp3) is 0.912. The smallest absolute Gasteiger partial charge is 0.406 e. The first kappa shape index (κ1) is 115. The van der Waals surface area contributed by atoms with Crippen molar-refractivity contribution in [2.75, 3.05) is 145 Å². The molecule has 1 fully saturated rings. The molecule has 1 aliphatic heterocycles. The summed E-state index contributed by atoms with van der Waals surface area (Å²) < 4.78 is 304. The van der Waals surface area contributed by atoms with Gasteiger partial charge in [0.05, 0.1) is 0 Å². The summed E-state index contributed by atoms with van der Waals surface area (Å²) in [6.45, 7) is 13.7. The third-order valence-electron chi connectivity index (χ3n) is 19.0. The van der Waals surface area contributed by atoms with Crippen molar-refractivity contribution in [1.29, 1.82) is 0 Å². The van der Waals surface area contributed by atoms with E-state index >= 15 is 0 Å². The Morgan fingerprint density at radius 3 is 1.02 bits per heavy atom. The lowest BCUT2D eigenvalue weighted by molar-refractivity contribution is -0.461. The summed E-state index contributed by atoms with van der Waals surface area (Å²) >= 11 is 0. The molecule has 0 spiro atoms. The van der Waals surface area contributed by atoms with E-state index in [1.165, 1.54) is 135 Å². The van der Waals surface area contributed by atoms with Crippen LogP contribution in [0.4, 0.5) is 80.3 Å². The van der Waals surface area contributed by atoms with Crippen molar-refractivity contribution in [3.8, 4) is 0 Å². The number of para-hydroxylation sites is 1. The molecule has 5 N–H and O–H groups in total. The largest absolute Gasteiger partial charge is 0.501 e. The second-order valence-electron chi connectivity index (χ2n) is 26.3. The second-order valence-corrected chi connectivity index (χ2v) is 46.1. The number of hydrogen-bond donors (Lipinski definition) is 3. The van der Waals surface area contributed by atoms with Gasteiger partial charge in [-0.15, -0.1) is 0 Å². The number of unbranched alkanes of at least 4 members (excludes halogenated alkanes) is 18. The lowest BCUT2D eigenvalue weighted by Crippen LogP contribution is -2.74. The topological polar surface area (TPSA) is 206 Å². The molecule has 1 aromatic rings. The summed E-state index contributed by atoms with van der Waals surface area (Å²) in [5.41, 5.74) is 11.8. The normalized spacial score (nSPS) is 15.3. The highest BCUT2D eigenvalue weighted by Gasteiger charge is 2.95. The zero-order valence-electron chi connectivity index (χ0n) is 68.8. The molecule has 19 nitrogen and oxygen atoms in total. The fourth-order valence-corrected chi connectivity index (χ4v) is 22.2. The van der Waals surface area contributed by atoms with E-state index in [2.05, 4.69) is 50.1 Å². The van der Waals surface area contributed by atoms with Gasteiger partial charge in [-0.25, -0.2) is 0 Å². The van der Waals surface area contributed by atoms with Gasteiger partial charge in [0.2, 0.25) is 0 Å². The number of hydrogen-bond acceptors (Lipinski definition) is 19. The lowest BCUT2D eigenvalue weighted by Gasteiger charge is -2.43. The van der Waals surface area contributed by atoms with E-state index in [1.54, 1.807) is 78.2 Å².